The molecule has 92 valence electrons. The van der Waals surface area contributed by atoms with Gasteiger partial charge in [0.05, 0.1) is 17.6 Å². The molecule has 3 rings (SSSR count). The van der Waals surface area contributed by atoms with Crippen molar-refractivity contribution in [1.82, 2.24) is 9.97 Å². The van der Waals surface area contributed by atoms with Crippen molar-refractivity contribution in [3.63, 3.8) is 0 Å². The zero-order valence-electron chi connectivity index (χ0n) is 10.3. The maximum absolute atomic E-state index is 5.91. The number of benzene rings is 1. The van der Waals surface area contributed by atoms with Crippen LogP contribution in [0.2, 0.25) is 0 Å². The van der Waals surface area contributed by atoms with Crippen molar-refractivity contribution in [3.8, 4) is 17.0 Å². The lowest BCUT2D eigenvalue weighted by molar-refractivity contribution is 0.263. The number of fused-ring (bicyclic) bond motifs is 1. The Labute approximate surface area is 106 Å². The van der Waals surface area contributed by atoms with Gasteiger partial charge < -0.3 is 10.5 Å². The number of nitrogens with zero attached hydrogens (tertiary/aromatic N) is 2. The molecule has 1 aliphatic rings. The molecule has 4 nitrogen and oxygen atoms in total. The summed E-state index contributed by atoms with van der Waals surface area (Å²) in [5.74, 6) is 0.931. The standard InChI is InChI=1S/C14H15N3O/c1-9-6-17-13(7-16-9)10-2-3-14-11(4-10)5-12(15)8-18-14/h2-4,6-7,12H,5,8,15H2,1H3/t12-/m1/s1. The highest BCUT2D eigenvalue weighted by atomic mass is 16.5. The van der Waals surface area contributed by atoms with Gasteiger partial charge in [0.1, 0.15) is 12.4 Å². The van der Waals surface area contributed by atoms with E-state index in [1.54, 1.807) is 12.4 Å². The van der Waals surface area contributed by atoms with Crippen LogP contribution in [-0.2, 0) is 6.42 Å². The fraction of sp³-hybridized carbons (Fsp3) is 0.286. The third-order valence-corrected chi connectivity index (χ3v) is 3.07. The van der Waals surface area contributed by atoms with Crippen molar-refractivity contribution in [2.45, 2.75) is 19.4 Å². The lowest BCUT2D eigenvalue weighted by atomic mass is 10.00. The van der Waals surface area contributed by atoms with Crippen LogP contribution in [0.1, 0.15) is 11.3 Å². The van der Waals surface area contributed by atoms with Gasteiger partial charge in [0.15, 0.2) is 0 Å². The molecule has 1 atom stereocenters. The Morgan fingerprint density at radius 1 is 1.28 bits per heavy atom. The molecular weight excluding hydrogens is 226 g/mol. The summed E-state index contributed by atoms with van der Waals surface area (Å²) in [6.07, 6.45) is 4.42. The first-order chi connectivity index (χ1) is 8.72. The smallest absolute Gasteiger partial charge is 0.122 e. The number of aryl methyl sites for hydroxylation is 1. The van der Waals surface area contributed by atoms with E-state index in [0.717, 1.165) is 34.7 Å². The van der Waals surface area contributed by atoms with E-state index in [4.69, 9.17) is 10.5 Å². The van der Waals surface area contributed by atoms with E-state index in [-0.39, 0.29) is 6.04 Å². The quantitative estimate of drug-likeness (QED) is 0.825. The Bertz CT molecular complexity index is 566. The summed E-state index contributed by atoms with van der Waals surface area (Å²) < 4.78 is 5.58. The molecule has 18 heavy (non-hydrogen) atoms. The van der Waals surface area contributed by atoms with Gasteiger partial charge in [-0.3, -0.25) is 9.97 Å². The molecule has 0 amide bonds. The predicted octanol–water partition coefficient (Wildman–Crippen LogP) is 1.71. The maximum Gasteiger partial charge on any atom is 0.122 e. The minimum atomic E-state index is 0.0804. The first-order valence-electron chi connectivity index (χ1n) is 6.03. The van der Waals surface area contributed by atoms with Gasteiger partial charge in [0.2, 0.25) is 0 Å². The third kappa shape index (κ3) is 2.07. The number of ether oxygens (including phenoxy) is 1. The summed E-state index contributed by atoms with van der Waals surface area (Å²) in [7, 11) is 0. The zero-order valence-corrected chi connectivity index (χ0v) is 10.3. The molecule has 0 bridgehead atoms. The van der Waals surface area contributed by atoms with E-state index in [9.17, 15) is 0 Å². The van der Waals surface area contributed by atoms with E-state index in [0.29, 0.717) is 6.61 Å². The van der Waals surface area contributed by atoms with Crippen LogP contribution < -0.4 is 10.5 Å². The SMILES string of the molecule is Cc1cnc(-c2ccc3c(c2)C[C@@H](N)CO3)cn1. The molecule has 2 N–H and O–H groups in total. The zero-order chi connectivity index (χ0) is 12.5. The van der Waals surface area contributed by atoms with Gasteiger partial charge in [-0.05, 0) is 37.1 Å². The predicted molar refractivity (Wildman–Crippen MR) is 69.4 cm³/mol. The molecule has 0 unspecified atom stereocenters. The van der Waals surface area contributed by atoms with Gasteiger partial charge in [0.25, 0.3) is 0 Å². The van der Waals surface area contributed by atoms with Gasteiger partial charge in [0, 0.05) is 17.8 Å². The number of nitrogens with two attached hydrogens (primary N) is 1. The third-order valence-electron chi connectivity index (χ3n) is 3.07. The Morgan fingerprint density at radius 2 is 2.17 bits per heavy atom. The summed E-state index contributed by atoms with van der Waals surface area (Å²) in [6, 6.07) is 6.16. The molecule has 0 saturated heterocycles. The summed E-state index contributed by atoms with van der Waals surface area (Å²) in [6.45, 7) is 2.52. The van der Waals surface area contributed by atoms with Crippen LogP contribution in [0.3, 0.4) is 0 Å². The van der Waals surface area contributed by atoms with Gasteiger partial charge in [-0.15, -0.1) is 0 Å². The minimum Gasteiger partial charge on any atom is -0.492 e. The summed E-state index contributed by atoms with van der Waals surface area (Å²) >= 11 is 0. The molecule has 2 heterocycles. The van der Waals surface area contributed by atoms with Crippen molar-refractivity contribution < 1.29 is 4.74 Å². The number of hydrogen-bond acceptors (Lipinski definition) is 4. The topological polar surface area (TPSA) is 61.0 Å². The molecule has 1 aromatic carbocycles. The Hall–Kier alpha value is -1.94. The number of aromatic nitrogens is 2. The molecular formula is C14H15N3O. The van der Waals surface area contributed by atoms with Gasteiger partial charge >= 0.3 is 0 Å². The molecule has 0 spiro atoms. The van der Waals surface area contributed by atoms with E-state index < -0.39 is 0 Å². The Balaban J connectivity index is 1.99. The van der Waals surface area contributed by atoms with Crippen molar-refractivity contribution in [3.05, 3.63) is 41.9 Å². The van der Waals surface area contributed by atoms with E-state index in [2.05, 4.69) is 16.0 Å². The van der Waals surface area contributed by atoms with E-state index >= 15 is 0 Å². The maximum atomic E-state index is 5.91. The minimum absolute atomic E-state index is 0.0804. The van der Waals surface area contributed by atoms with Crippen LogP contribution in [-0.4, -0.2) is 22.6 Å². The van der Waals surface area contributed by atoms with Crippen LogP contribution >= 0.6 is 0 Å². The van der Waals surface area contributed by atoms with Crippen molar-refractivity contribution in [1.29, 1.82) is 0 Å². The summed E-state index contributed by atoms with van der Waals surface area (Å²) in [4.78, 5) is 8.65. The van der Waals surface area contributed by atoms with Crippen LogP contribution in [0.25, 0.3) is 11.3 Å². The molecule has 0 fully saturated rings. The van der Waals surface area contributed by atoms with E-state index in [1.807, 2.05) is 19.1 Å². The lowest BCUT2D eigenvalue weighted by Crippen LogP contribution is -2.33. The highest BCUT2D eigenvalue weighted by Gasteiger charge is 2.17. The van der Waals surface area contributed by atoms with E-state index in [1.165, 1.54) is 0 Å². The van der Waals surface area contributed by atoms with Crippen molar-refractivity contribution in [2.75, 3.05) is 6.61 Å². The molecule has 1 aliphatic heterocycles. The largest absolute Gasteiger partial charge is 0.492 e. The second-order valence-electron chi connectivity index (χ2n) is 4.64. The van der Waals surface area contributed by atoms with Crippen LogP contribution in [0.5, 0.6) is 5.75 Å². The molecule has 0 radical (unpaired) electrons. The molecule has 1 aromatic heterocycles. The average molecular weight is 241 g/mol. The monoisotopic (exact) mass is 241 g/mol. The van der Waals surface area contributed by atoms with Crippen molar-refractivity contribution in [2.24, 2.45) is 5.73 Å². The number of rotatable bonds is 1. The fourth-order valence-corrected chi connectivity index (χ4v) is 2.12. The highest BCUT2D eigenvalue weighted by molar-refractivity contribution is 5.61. The van der Waals surface area contributed by atoms with Crippen LogP contribution in [0, 0.1) is 6.92 Å². The Morgan fingerprint density at radius 3 is 2.94 bits per heavy atom. The average Bonchev–Trinajstić information content (AvgIpc) is 2.38. The first kappa shape index (κ1) is 11.2. The summed E-state index contributed by atoms with van der Waals surface area (Å²) in [5.41, 5.74) is 9.90. The van der Waals surface area contributed by atoms with Crippen LogP contribution in [0.4, 0.5) is 0 Å². The van der Waals surface area contributed by atoms with Gasteiger partial charge in [-0.25, -0.2) is 0 Å². The summed E-state index contributed by atoms with van der Waals surface area (Å²) in [5, 5.41) is 0. The molecule has 0 aliphatic carbocycles. The molecule has 2 aromatic rings. The lowest BCUT2D eigenvalue weighted by Gasteiger charge is -2.22. The fourth-order valence-electron chi connectivity index (χ4n) is 2.12. The van der Waals surface area contributed by atoms with Gasteiger partial charge in [-0.2, -0.15) is 0 Å². The van der Waals surface area contributed by atoms with Gasteiger partial charge in [-0.1, -0.05) is 0 Å². The first-order valence-corrected chi connectivity index (χ1v) is 6.03. The van der Waals surface area contributed by atoms with Crippen molar-refractivity contribution >= 4 is 0 Å². The molecule has 0 saturated carbocycles. The second-order valence-corrected chi connectivity index (χ2v) is 4.64. The molecule has 4 heteroatoms. The van der Waals surface area contributed by atoms with Crippen LogP contribution in [0.15, 0.2) is 30.6 Å². The normalized spacial score (nSPS) is 18.0. The second kappa shape index (κ2) is 4.38. The number of hydrogen-bond donors (Lipinski definition) is 1. The highest BCUT2D eigenvalue weighted by Crippen LogP contribution is 2.28. The Kier molecular flexibility index (Phi) is 2.72.